The molecule has 4 heteroatoms. The third-order valence-corrected chi connectivity index (χ3v) is 4.11. The fourth-order valence-electron chi connectivity index (χ4n) is 2.69. The van der Waals surface area contributed by atoms with Crippen LogP contribution in [0.2, 0.25) is 0 Å². The van der Waals surface area contributed by atoms with Crippen molar-refractivity contribution in [1.82, 2.24) is 4.90 Å². The van der Waals surface area contributed by atoms with Crippen LogP contribution in [0.15, 0.2) is 11.6 Å². The van der Waals surface area contributed by atoms with Gasteiger partial charge in [0.1, 0.15) is 0 Å². The zero-order valence-electron chi connectivity index (χ0n) is 14.2. The molecule has 0 bridgehead atoms. The van der Waals surface area contributed by atoms with Gasteiger partial charge in [-0.15, -0.1) is 0 Å². The van der Waals surface area contributed by atoms with Crippen molar-refractivity contribution < 1.29 is 14.3 Å². The number of rotatable bonds is 4. The molecule has 0 unspecified atom stereocenters. The van der Waals surface area contributed by atoms with Crippen LogP contribution < -0.4 is 0 Å². The molecule has 0 N–H and O–H groups in total. The van der Waals surface area contributed by atoms with Crippen molar-refractivity contribution in [1.29, 1.82) is 0 Å². The van der Waals surface area contributed by atoms with Crippen molar-refractivity contribution >= 4 is 11.9 Å². The first kappa shape index (κ1) is 18.7. The van der Waals surface area contributed by atoms with E-state index < -0.39 is 0 Å². The van der Waals surface area contributed by atoms with E-state index in [1.165, 1.54) is 24.8 Å². The maximum absolute atomic E-state index is 12.3. The lowest BCUT2D eigenvalue weighted by Gasteiger charge is -2.22. The lowest BCUT2D eigenvalue weighted by Crippen LogP contribution is -2.34. The van der Waals surface area contributed by atoms with Crippen LogP contribution in [0.3, 0.4) is 0 Å². The van der Waals surface area contributed by atoms with Crippen LogP contribution in [-0.2, 0) is 14.3 Å². The highest BCUT2D eigenvalue weighted by Gasteiger charge is 2.15. The average molecular weight is 309 g/mol. The van der Waals surface area contributed by atoms with E-state index in [9.17, 15) is 9.59 Å². The lowest BCUT2D eigenvalue weighted by molar-refractivity contribution is -0.144. The number of hydrogen-bond acceptors (Lipinski definition) is 3. The van der Waals surface area contributed by atoms with Crippen molar-refractivity contribution in [3.05, 3.63) is 11.6 Å². The first-order valence-corrected chi connectivity index (χ1v) is 8.72. The first-order chi connectivity index (χ1) is 10.6. The summed E-state index contributed by atoms with van der Waals surface area (Å²) in [5, 5.41) is 0. The van der Waals surface area contributed by atoms with E-state index in [1.54, 1.807) is 6.92 Å². The largest absolute Gasteiger partial charge is 0.466 e. The maximum atomic E-state index is 12.3. The highest BCUT2D eigenvalue weighted by atomic mass is 16.5. The van der Waals surface area contributed by atoms with Crippen molar-refractivity contribution in [2.45, 2.75) is 71.6 Å². The normalized spacial score (nSPS) is 21.1. The molecule has 1 aliphatic heterocycles. The summed E-state index contributed by atoms with van der Waals surface area (Å²) in [6.07, 6.45) is 11.0. The number of ether oxygens (including phenoxy) is 1. The Labute approximate surface area is 134 Å². The van der Waals surface area contributed by atoms with Crippen molar-refractivity contribution in [2.24, 2.45) is 0 Å². The summed E-state index contributed by atoms with van der Waals surface area (Å²) >= 11 is 0. The predicted octanol–water partition coefficient (Wildman–Crippen LogP) is 3.85. The molecule has 1 heterocycles. The molecule has 0 aliphatic carbocycles. The van der Waals surface area contributed by atoms with E-state index in [-0.39, 0.29) is 11.9 Å². The van der Waals surface area contributed by atoms with Crippen LogP contribution in [0.5, 0.6) is 0 Å². The van der Waals surface area contributed by atoms with E-state index >= 15 is 0 Å². The minimum Gasteiger partial charge on any atom is -0.466 e. The Hall–Kier alpha value is -1.32. The third kappa shape index (κ3) is 8.20. The van der Waals surface area contributed by atoms with Crippen molar-refractivity contribution in [3.63, 3.8) is 0 Å². The van der Waals surface area contributed by atoms with Crippen molar-refractivity contribution in [2.75, 3.05) is 19.7 Å². The van der Waals surface area contributed by atoms with E-state index in [2.05, 4.69) is 13.0 Å². The Bertz CT molecular complexity index is 377. The topological polar surface area (TPSA) is 46.6 Å². The van der Waals surface area contributed by atoms with Gasteiger partial charge in [-0.05, 0) is 39.5 Å². The Morgan fingerprint density at radius 1 is 1.18 bits per heavy atom. The van der Waals surface area contributed by atoms with Gasteiger partial charge >= 0.3 is 5.97 Å². The molecule has 0 fully saturated rings. The number of hydrogen-bond donors (Lipinski definition) is 0. The lowest BCUT2D eigenvalue weighted by atomic mass is 10.1. The average Bonchev–Trinajstić information content (AvgIpc) is 2.50. The summed E-state index contributed by atoms with van der Waals surface area (Å²) in [4.78, 5) is 25.7. The number of carbonyl (C=O) groups excluding carboxylic acids is 2. The zero-order valence-corrected chi connectivity index (χ0v) is 14.2. The molecule has 4 nitrogen and oxygen atoms in total. The molecule has 1 aliphatic rings. The van der Waals surface area contributed by atoms with Gasteiger partial charge in [0.05, 0.1) is 13.0 Å². The molecule has 0 aromatic carbocycles. The molecular formula is C18H31NO3. The Balaban J connectivity index is 2.56. The summed E-state index contributed by atoms with van der Waals surface area (Å²) in [5.41, 5.74) is 1.34. The van der Waals surface area contributed by atoms with Crippen LogP contribution in [-0.4, -0.2) is 36.5 Å². The van der Waals surface area contributed by atoms with Crippen molar-refractivity contribution in [3.8, 4) is 0 Å². The quantitative estimate of drug-likeness (QED) is 0.585. The fourth-order valence-corrected chi connectivity index (χ4v) is 2.69. The van der Waals surface area contributed by atoms with Crippen LogP contribution in [0.25, 0.3) is 0 Å². The van der Waals surface area contributed by atoms with E-state index in [4.69, 9.17) is 4.74 Å². The van der Waals surface area contributed by atoms with Gasteiger partial charge in [-0.1, -0.05) is 30.9 Å². The second-order valence-electron chi connectivity index (χ2n) is 6.04. The molecule has 0 atom stereocenters. The predicted molar refractivity (Wildman–Crippen MR) is 88.5 cm³/mol. The van der Waals surface area contributed by atoms with Crippen LogP contribution >= 0.6 is 0 Å². The second-order valence-corrected chi connectivity index (χ2v) is 6.04. The van der Waals surface area contributed by atoms with Gasteiger partial charge in [0, 0.05) is 19.5 Å². The molecule has 0 saturated carbocycles. The molecular weight excluding hydrogens is 278 g/mol. The maximum Gasteiger partial charge on any atom is 0.307 e. The van der Waals surface area contributed by atoms with Crippen LogP contribution in [0.1, 0.15) is 71.6 Å². The van der Waals surface area contributed by atoms with Crippen LogP contribution in [0.4, 0.5) is 0 Å². The zero-order chi connectivity index (χ0) is 16.2. The number of carbonyl (C=O) groups is 2. The van der Waals surface area contributed by atoms with Gasteiger partial charge in [-0.2, -0.15) is 0 Å². The molecule has 126 valence electrons. The fraction of sp³-hybridized carbons (Fsp3) is 0.778. The number of amides is 1. The molecule has 1 amide bonds. The molecule has 1 rings (SSSR count). The molecule has 0 spiro atoms. The molecule has 0 radical (unpaired) electrons. The van der Waals surface area contributed by atoms with E-state index in [1.807, 2.05) is 4.90 Å². The van der Waals surface area contributed by atoms with E-state index in [0.29, 0.717) is 32.5 Å². The Morgan fingerprint density at radius 2 is 1.91 bits per heavy atom. The summed E-state index contributed by atoms with van der Waals surface area (Å²) in [7, 11) is 0. The molecule has 22 heavy (non-hydrogen) atoms. The Morgan fingerprint density at radius 3 is 2.68 bits per heavy atom. The summed E-state index contributed by atoms with van der Waals surface area (Å²) < 4.78 is 4.95. The number of nitrogens with zero attached hydrogens (tertiary/aromatic N) is 1. The standard InChI is InChI=1S/C18H31NO3/c1-3-22-18(21)13-15-19-14-12-16(2)10-8-6-4-5-7-9-11-17(19)20/h10H,3-9,11-15H2,1-2H3/b16-10+. The third-order valence-electron chi connectivity index (χ3n) is 4.11. The number of esters is 1. The summed E-state index contributed by atoms with van der Waals surface area (Å²) in [6, 6.07) is 0. The van der Waals surface area contributed by atoms with Gasteiger partial charge < -0.3 is 9.64 Å². The summed E-state index contributed by atoms with van der Waals surface area (Å²) in [5.74, 6) is -0.0400. The van der Waals surface area contributed by atoms with Gasteiger partial charge in [0.2, 0.25) is 5.91 Å². The van der Waals surface area contributed by atoms with Gasteiger partial charge in [0.15, 0.2) is 0 Å². The monoisotopic (exact) mass is 309 g/mol. The van der Waals surface area contributed by atoms with Gasteiger partial charge in [-0.25, -0.2) is 0 Å². The molecule has 0 aromatic heterocycles. The smallest absolute Gasteiger partial charge is 0.307 e. The highest BCUT2D eigenvalue weighted by molar-refractivity contribution is 5.77. The highest BCUT2D eigenvalue weighted by Crippen LogP contribution is 2.13. The first-order valence-electron chi connectivity index (χ1n) is 8.72. The summed E-state index contributed by atoms with van der Waals surface area (Å²) in [6.45, 7) is 5.52. The minimum atomic E-state index is -0.217. The van der Waals surface area contributed by atoms with Gasteiger partial charge in [0.25, 0.3) is 0 Å². The molecule has 0 saturated heterocycles. The minimum absolute atomic E-state index is 0.177. The second kappa shape index (κ2) is 11.3. The van der Waals surface area contributed by atoms with E-state index in [0.717, 1.165) is 25.7 Å². The van der Waals surface area contributed by atoms with Gasteiger partial charge in [-0.3, -0.25) is 9.59 Å². The number of allylic oxidation sites excluding steroid dienone is 1. The molecule has 0 aromatic rings. The van der Waals surface area contributed by atoms with Crippen LogP contribution in [0, 0.1) is 0 Å². The SMILES string of the molecule is CCOC(=O)CCN1CC/C(C)=C/CCCCCCCC1=O. The Kier molecular flexibility index (Phi) is 9.60.